The van der Waals surface area contributed by atoms with E-state index in [1.165, 1.54) is 31.2 Å². The molecule has 3 rings (SSSR count). The molecular weight excluding hydrogens is 326 g/mol. The van der Waals surface area contributed by atoms with Crippen molar-refractivity contribution in [1.29, 1.82) is 0 Å². The van der Waals surface area contributed by atoms with Gasteiger partial charge < -0.3 is 14.6 Å². The first kappa shape index (κ1) is 18.7. The van der Waals surface area contributed by atoms with Crippen molar-refractivity contribution in [3.05, 3.63) is 51.8 Å². The highest BCUT2D eigenvalue weighted by molar-refractivity contribution is 5.49. The molecule has 0 atom stereocenters. The largest absolute Gasteiger partial charge is 0.508 e. The lowest BCUT2D eigenvalue weighted by Gasteiger charge is -2.18. The fraction of sp³-hybridized carbons (Fsp3) is 0.500. The zero-order chi connectivity index (χ0) is 18.7. The lowest BCUT2D eigenvalue weighted by molar-refractivity contribution is 0.0498. The predicted octanol–water partition coefficient (Wildman–Crippen LogP) is 4.94. The number of benzene rings is 1. The maximum atomic E-state index is 10.0. The average Bonchev–Trinajstić information content (AvgIpc) is 3.16. The van der Waals surface area contributed by atoms with E-state index in [1.54, 1.807) is 7.11 Å². The Hall–Kier alpha value is -2.07. The van der Waals surface area contributed by atoms with Crippen LogP contribution in [0.5, 0.6) is 11.5 Å². The Labute approximate surface area is 156 Å². The number of methoxy groups -OCH3 is 1. The molecule has 0 bridgehead atoms. The summed E-state index contributed by atoms with van der Waals surface area (Å²) in [6.45, 7) is 6.34. The molecule has 26 heavy (non-hydrogen) atoms. The number of phenols is 1. The average molecular weight is 355 g/mol. The van der Waals surface area contributed by atoms with Gasteiger partial charge in [-0.3, -0.25) is 4.98 Å². The van der Waals surface area contributed by atoms with Gasteiger partial charge in [0.25, 0.3) is 0 Å². The van der Waals surface area contributed by atoms with Gasteiger partial charge in [-0.25, -0.2) is 0 Å². The molecule has 1 aliphatic carbocycles. The summed E-state index contributed by atoms with van der Waals surface area (Å²) >= 11 is 0. The smallest absolute Gasteiger partial charge is 0.188 e. The fourth-order valence-electron chi connectivity index (χ4n) is 3.91. The van der Waals surface area contributed by atoms with Crippen molar-refractivity contribution in [3.8, 4) is 11.5 Å². The molecule has 1 saturated carbocycles. The Morgan fingerprint density at radius 3 is 2.54 bits per heavy atom. The van der Waals surface area contributed by atoms with E-state index in [4.69, 9.17) is 14.5 Å². The van der Waals surface area contributed by atoms with Crippen molar-refractivity contribution in [2.75, 3.05) is 13.9 Å². The van der Waals surface area contributed by atoms with E-state index in [2.05, 4.69) is 13.8 Å². The zero-order valence-electron chi connectivity index (χ0n) is 16.3. The summed E-state index contributed by atoms with van der Waals surface area (Å²) in [6, 6.07) is 5.93. The van der Waals surface area contributed by atoms with Gasteiger partial charge in [0.1, 0.15) is 11.5 Å². The van der Waals surface area contributed by atoms with Crippen molar-refractivity contribution in [3.63, 3.8) is 0 Å². The van der Waals surface area contributed by atoms with Gasteiger partial charge in [-0.1, -0.05) is 12.8 Å². The highest BCUT2D eigenvalue weighted by Gasteiger charge is 2.23. The summed E-state index contributed by atoms with van der Waals surface area (Å²) in [5.41, 5.74) is 6.56. The summed E-state index contributed by atoms with van der Waals surface area (Å²) in [6.07, 6.45) is 5.64. The molecule has 4 nitrogen and oxygen atoms in total. The molecular formula is C22H29NO3. The SMILES string of the molecule is COCOc1ccc(Cc2c(C)cc(O)c(C)c2C)nc1C1CCCC1. The summed E-state index contributed by atoms with van der Waals surface area (Å²) in [7, 11) is 1.63. The molecule has 0 unspecified atom stereocenters. The number of rotatable bonds is 6. The second-order valence-corrected chi connectivity index (χ2v) is 7.34. The molecule has 0 aliphatic heterocycles. The van der Waals surface area contributed by atoms with Gasteiger partial charge in [0.05, 0.1) is 5.69 Å². The Morgan fingerprint density at radius 2 is 1.85 bits per heavy atom. The minimum atomic E-state index is 0.246. The van der Waals surface area contributed by atoms with Gasteiger partial charge in [0.2, 0.25) is 0 Å². The van der Waals surface area contributed by atoms with Crippen LogP contribution in [-0.4, -0.2) is 24.0 Å². The fourth-order valence-corrected chi connectivity index (χ4v) is 3.91. The van der Waals surface area contributed by atoms with Crippen LogP contribution in [0.1, 0.15) is 65.2 Å². The zero-order valence-corrected chi connectivity index (χ0v) is 16.3. The molecule has 140 valence electrons. The summed E-state index contributed by atoms with van der Waals surface area (Å²) in [5, 5.41) is 10.0. The monoisotopic (exact) mass is 355 g/mol. The first-order valence-corrected chi connectivity index (χ1v) is 9.41. The van der Waals surface area contributed by atoms with Gasteiger partial charge in [0, 0.05) is 25.1 Å². The number of hydrogen-bond donors (Lipinski definition) is 1. The molecule has 0 amide bonds. The summed E-state index contributed by atoms with van der Waals surface area (Å²) in [4.78, 5) is 4.99. The molecule has 1 heterocycles. The van der Waals surface area contributed by atoms with E-state index in [9.17, 15) is 5.11 Å². The molecule has 4 heteroatoms. The van der Waals surface area contributed by atoms with E-state index in [0.29, 0.717) is 11.7 Å². The molecule has 1 fully saturated rings. The first-order chi connectivity index (χ1) is 12.5. The lowest BCUT2D eigenvalue weighted by atomic mass is 9.93. The molecule has 2 aromatic rings. The maximum absolute atomic E-state index is 10.0. The highest BCUT2D eigenvalue weighted by atomic mass is 16.7. The highest BCUT2D eigenvalue weighted by Crippen LogP contribution is 2.38. The number of hydrogen-bond acceptors (Lipinski definition) is 4. The van der Waals surface area contributed by atoms with Crippen LogP contribution in [0.3, 0.4) is 0 Å². The summed E-state index contributed by atoms with van der Waals surface area (Å²) in [5.74, 6) is 1.69. The van der Waals surface area contributed by atoms with Crippen LogP contribution < -0.4 is 4.74 Å². The minimum Gasteiger partial charge on any atom is -0.508 e. The maximum Gasteiger partial charge on any atom is 0.188 e. The molecule has 1 N–H and O–H groups in total. The topological polar surface area (TPSA) is 51.6 Å². The lowest BCUT2D eigenvalue weighted by Crippen LogP contribution is -2.08. The van der Waals surface area contributed by atoms with Crippen LogP contribution in [0.15, 0.2) is 18.2 Å². The van der Waals surface area contributed by atoms with Crippen LogP contribution in [0, 0.1) is 20.8 Å². The number of aromatic nitrogens is 1. The van der Waals surface area contributed by atoms with Crippen LogP contribution in [0.2, 0.25) is 0 Å². The predicted molar refractivity (Wildman–Crippen MR) is 103 cm³/mol. The third-order valence-corrected chi connectivity index (χ3v) is 5.60. The Morgan fingerprint density at radius 1 is 1.12 bits per heavy atom. The number of pyridine rings is 1. The molecule has 1 aromatic carbocycles. The first-order valence-electron chi connectivity index (χ1n) is 9.41. The molecule has 0 saturated heterocycles. The molecule has 1 aromatic heterocycles. The third kappa shape index (κ3) is 3.85. The van der Waals surface area contributed by atoms with Gasteiger partial charge in [-0.05, 0) is 74.1 Å². The molecule has 0 radical (unpaired) electrons. The van der Waals surface area contributed by atoms with Gasteiger partial charge in [0.15, 0.2) is 6.79 Å². The Balaban J connectivity index is 1.94. The number of ether oxygens (including phenoxy) is 2. The van der Waals surface area contributed by atoms with Gasteiger partial charge >= 0.3 is 0 Å². The van der Waals surface area contributed by atoms with E-state index in [0.717, 1.165) is 40.2 Å². The van der Waals surface area contributed by atoms with E-state index >= 15 is 0 Å². The van der Waals surface area contributed by atoms with Crippen LogP contribution in [-0.2, 0) is 11.2 Å². The van der Waals surface area contributed by atoms with Gasteiger partial charge in [-0.2, -0.15) is 0 Å². The standard InChI is InChI=1S/C22H29NO3/c1-14-11-20(24)16(3)15(2)19(14)12-18-9-10-21(26-13-25-4)22(23-18)17-7-5-6-8-17/h9-11,17,24H,5-8,12-13H2,1-4H3. The van der Waals surface area contributed by atoms with Crippen molar-refractivity contribution >= 4 is 0 Å². The molecule has 0 spiro atoms. The number of aryl methyl sites for hydroxylation is 1. The van der Waals surface area contributed by atoms with Crippen molar-refractivity contribution in [2.24, 2.45) is 0 Å². The van der Waals surface area contributed by atoms with Crippen LogP contribution >= 0.6 is 0 Å². The van der Waals surface area contributed by atoms with E-state index in [-0.39, 0.29) is 6.79 Å². The van der Waals surface area contributed by atoms with Crippen molar-refractivity contribution in [2.45, 2.75) is 58.8 Å². The second kappa shape index (κ2) is 8.09. The van der Waals surface area contributed by atoms with E-state index < -0.39 is 0 Å². The Kier molecular flexibility index (Phi) is 5.82. The minimum absolute atomic E-state index is 0.246. The van der Waals surface area contributed by atoms with E-state index in [1.807, 2.05) is 25.1 Å². The Bertz CT molecular complexity index is 779. The second-order valence-electron chi connectivity index (χ2n) is 7.34. The summed E-state index contributed by atoms with van der Waals surface area (Å²) < 4.78 is 10.8. The quantitative estimate of drug-likeness (QED) is 0.746. The van der Waals surface area contributed by atoms with Crippen LogP contribution in [0.25, 0.3) is 0 Å². The molecule has 1 aliphatic rings. The normalized spacial score (nSPS) is 14.8. The van der Waals surface area contributed by atoms with Gasteiger partial charge in [-0.15, -0.1) is 0 Å². The number of phenolic OH excluding ortho intramolecular Hbond substituents is 1. The number of aromatic hydroxyl groups is 1. The van der Waals surface area contributed by atoms with Crippen molar-refractivity contribution in [1.82, 2.24) is 4.98 Å². The van der Waals surface area contributed by atoms with Crippen molar-refractivity contribution < 1.29 is 14.6 Å². The number of nitrogens with zero attached hydrogens (tertiary/aromatic N) is 1. The third-order valence-electron chi connectivity index (χ3n) is 5.60. The van der Waals surface area contributed by atoms with Crippen LogP contribution in [0.4, 0.5) is 0 Å².